The van der Waals surface area contributed by atoms with Crippen LogP contribution in [0.1, 0.15) is 31.9 Å². The summed E-state index contributed by atoms with van der Waals surface area (Å²) in [5.41, 5.74) is 1.34. The average Bonchev–Trinajstić information content (AvgIpc) is 2.37. The third-order valence-electron chi connectivity index (χ3n) is 3.07. The monoisotopic (exact) mass is 285 g/mol. The van der Waals surface area contributed by atoms with E-state index in [2.05, 4.69) is 24.4 Å². The highest BCUT2D eigenvalue weighted by atomic mass is 35.5. The molecular weight excluding hydrogens is 266 g/mol. The van der Waals surface area contributed by atoms with Crippen molar-refractivity contribution in [3.63, 3.8) is 0 Å². The Kier molecular flexibility index (Phi) is 5.37. The van der Waals surface area contributed by atoms with Gasteiger partial charge >= 0.3 is 0 Å². The summed E-state index contributed by atoms with van der Waals surface area (Å²) in [4.78, 5) is 1.35. The van der Waals surface area contributed by atoms with Crippen molar-refractivity contribution >= 4 is 23.4 Å². The highest BCUT2D eigenvalue weighted by Gasteiger charge is 2.22. The molecule has 2 atom stereocenters. The molecule has 0 spiro atoms. The van der Waals surface area contributed by atoms with Gasteiger partial charge in [-0.1, -0.05) is 11.6 Å². The summed E-state index contributed by atoms with van der Waals surface area (Å²) in [5.74, 6) is 1.16. The molecule has 2 unspecified atom stereocenters. The third kappa shape index (κ3) is 3.64. The summed E-state index contributed by atoms with van der Waals surface area (Å²) in [6.45, 7) is 5.73. The number of ether oxygens (including phenoxy) is 1. The SMILES string of the molecule is CCOCC(C)NC1CCSc2ccc(Cl)cc21. The van der Waals surface area contributed by atoms with Crippen molar-refractivity contribution < 1.29 is 4.74 Å². The Balaban J connectivity index is 2.05. The maximum absolute atomic E-state index is 6.10. The van der Waals surface area contributed by atoms with Crippen LogP contribution in [0.2, 0.25) is 5.02 Å². The van der Waals surface area contributed by atoms with E-state index in [-0.39, 0.29) is 0 Å². The first-order valence-corrected chi connectivity index (χ1v) is 7.83. The number of thioether (sulfide) groups is 1. The molecule has 2 rings (SSSR count). The zero-order valence-electron chi connectivity index (χ0n) is 10.9. The van der Waals surface area contributed by atoms with Crippen LogP contribution in [0, 0.1) is 0 Å². The Morgan fingerprint density at radius 2 is 2.39 bits per heavy atom. The molecule has 1 aromatic rings. The largest absolute Gasteiger partial charge is 0.380 e. The van der Waals surface area contributed by atoms with Gasteiger partial charge in [0.1, 0.15) is 0 Å². The van der Waals surface area contributed by atoms with Crippen LogP contribution in [0.3, 0.4) is 0 Å². The van der Waals surface area contributed by atoms with Crippen molar-refractivity contribution in [2.24, 2.45) is 0 Å². The van der Waals surface area contributed by atoms with Gasteiger partial charge in [0.2, 0.25) is 0 Å². The zero-order valence-corrected chi connectivity index (χ0v) is 12.5. The van der Waals surface area contributed by atoms with Crippen LogP contribution in [0.15, 0.2) is 23.1 Å². The second-order valence-corrected chi connectivity index (χ2v) is 6.17. The summed E-state index contributed by atoms with van der Waals surface area (Å²) < 4.78 is 5.45. The predicted molar refractivity (Wildman–Crippen MR) is 78.6 cm³/mol. The normalized spacial score (nSPS) is 20.5. The highest BCUT2D eigenvalue weighted by Crippen LogP contribution is 2.37. The molecule has 1 N–H and O–H groups in total. The van der Waals surface area contributed by atoms with Crippen molar-refractivity contribution in [1.82, 2.24) is 5.32 Å². The Hall–Kier alpha value is -0.220. The maximum atomic E-state index is 6.10. The minimum Gasteiger partial charge on any atom is -0.380 e. The van der Waals surface area contributed by atoms with Crippen LogP contribution in [0.4, 0.5) is 0 Å². The molecule has 0 saturated heterocycles. The molecule has 0 amide bonds. The van der Waals surface area contributed by atoms with E-state index < -0.39 is 0 Å². The molecule has 1 aliphatic heterocycles. The molecule has 1 aromatic carbocycles. The standard InChI is InChI=1S/C14H20ClNOS/c1-3-17-9-10(2)16-13-6-7-18-14-5-4-11(15)8-12(13)14/h4-5,8,10,13,16H,3,6-7,9H2,1-2H3. The van der Waals surface area contributed by atoms with Gasteiger partial charge in [-0.05, 0) is 49.8 Å². The Morgan fingerprint density at radius 1 is 1.56 bits per heavy atom. The predicted octanol–water partition coefficient (Wildman–Crippen LogP) is 3.89. The van der Waals surface area contributed by atoms with Crippen molar-refractivity contribution in [1.29, 1.82) is 0 Å². The molecule has 1 aliphatic rings. The fourth-order valence-corrected chi connectivity index (χ4v) is 3.51. The Labute approximate surface area is 118 Å². The lowest BCUT2D eigenvalue weighted by atomic mass is 10.0. The molecule has 100 valence electrons. The molecule has 0 saturated carbocycles. The first kappa shape index (κ1) is 14.2. The molecule has 0 radical (unpaired) electrons. The Morgan fingerprint density at radius 3 is 3.17 bits per heavy atom. The smallest absolute Gasteiger partial charge is 0.0616 e. The van der Waals surface area contributed by atoms with Gasteiger partial charge in [-0.3, -0.25) is 0 Å². The van der Waals surface area contributed by atoms with Gasteiger partial charge in [0.15, 0.2) is 0 Å². The number of hydrogen-bond acceptors (Lipinski definition) is 3. The highest BCUT2D eigenvalue weighted by molar-refractivity contribution is 7.99. The van der Waals surface area contributed by atoms with Crippen LogP contribution < -0.4 is 5.32 Å². The number of rotatable bonds is 5. The van der Waals surface area contributed by atoms with Gasteiger partial charge in [0.25, 0.3) is 0 Å². The van der Waals surface area contributed by atoms with Gasteiger partial charge in [-0.25, -0.2) is 0 Å². The number of hydrogen-bond donors (Lipinski definition) is 1. The van der Waals surface area contributed by atoms with E-state index in [0.29, 0.717) is 12.1 Å². The first-order chi connectivity index (χ1) is 8.70. The fourth-order valence-electron chi connectivity index (χ4n) is 2.22. The van der Waals surface area contributed by atoms with Gasteiger partial charge in [0, 0.05) is 28.6 Å². The average molecular weight is 286 g/mol. The number of nitrogens with one attached hydrogen (secondary N) is 1. The van der Waals surface area contributed by atoms with Gasteiger partial charge in [-0.15, -0.1) is 11.8 Å². The van der Waals surface area contributed by atoms with Crippen molar-refractivity contribution in [3.8, 4) is 0 Å². The van der Waals surface area contributed by atoms with Crippen molar-refractivity contribution in [2.75, 3.05) is 19.0 Å². The molecule has 2 nitrogen and oxygen atoms in total. The molecule has 4 heteroatoms. The van der Waals surface area contributed by atoms with Crippen LogP contribution >= 0.6 is 23.4 Å². The lowest BCUT2D eigenvalue weighted by Gasteiger charge is -2.29. The van der Waals surface area contributed by atoms with E-state index in [9.17, 15) is 0 Å². The molecule has 0 bridgehead atoms. The van der Waals surface area contributed by atoms with E-state index in [1.54, 1.807) is 0 Å². The first-order valence-electron chi connectivity index (χ1n) is 6.46. The van der Waals surface area contributed by atoms with E-state index in [4.69, 9.17) is 16.3 Å². The van der Waals surface area contributed by atoms with E-state index in [0.717, 1.165) is 30.4 Å². The zero-order chi connectivity index (χ0) is 13.0. The second-order valence-electron chi connectivity index (χ2n) is 4.60. The lowest BCUT2D eigenvalue weighted by Crippen LogP contribution is -2.35. The van der Waals surface area contributed by atoms with Crippen LogP contribution in [0.25, 0.3) is 0 Å². The number of fused-ring (bicyclic) bond motifs is 1. The summed E-state index contributed by atoms with van der Waals surface area (Å²) in [5, 5.41) is 4.46. The summed E-state index contributed by atoms with van der Waals surface area (Å²) in [6, 6.07) is 6.96. The number of halogens is 1. The summed E-state index contributed by atoms with van der Waals surface area (Å²) >= 11 is 8.02. The van der Waals surface area contributed by atoms with E-state index >= 15 is 0 Å². The fraction of sp³-hybridized carbons (Fsp3) is 0.571. The second kappa shape index (κ2) is 6.80. The quantitative estimate of drug-likeness (QED) is 0.887. The summed E-state index contributed by atoms with van der Waals surface area (Å²) in [7, 11) is 0. The molecule has 1 heterocycles. The Bertz CT molecular complexity index is 399. The van der Waals surface area contributed by atoms with Crippen molar-refractivity contribution in [2.45, 2.75) is 37.2 Å². The van der Waals surface area contributed by atoms with E-state index in [1.165, 1.54) is 10.5 Å². The molecule has 18 heavy (non-hydrogen) atoms. The van der Waals surface area contributed by atoms with Crippen LogP contribution in [-0.4, -0.2) is 25.0 Å². The maximum Gasteiger partial charge on any atom is 0.0616 e. The molecule has 0 fully saturated rings. The van der Waals surface area contributed by atoms with Gasteiger partial charge < -0.3 is 10.1 Å². The topological polar surface area (TPSA) is 21.3 Å². The van der Waals surface area contributed by atoms with E-state index in [1.807, 2.05) is 24.8 Å². The molecule has 0 aromatic heterocycles. The van der Waals surface area contributed by atoms with Crippen LogP contribution in [-0.2, 0) is 4.74 Å². The minimum atomic E-state index is 0.366. The van der Waals surface area contributed by atoms with Crippen LogP contribution in [0.5, 0.6) is 0 Å². The third-order valence-corrected chi connectivity index (χ3v) is 4.43. The van der Waals surface area contributed by atoms with Crippen molar-refractivity contribution in [3.05, 3.63) is 28.8 Å². The minimum absolute atomic E-state index is 0.366. The van der Waals surface area contributed by atoms with Gasteiger partial charge in [0.05, 0.1) is 6.61 Å². The lowest BCUT2D eigenvalue weighted by molar-refractivity contribution is 0.123. The molecule has 0 aliphatic carbocycles. The molecular formula is C14H20ClNOS. The summed E-state index contributed by atoms with van der Waals surface area (Å²) in [6.07, 6.45) is 1.15. The number of benzene rings is 1. The van der Waals surface area contributed by atoms with Gasteiger partial charge in [-0.2, -0.15) is 0 Å².